The van der Waals surface area contributed by atoms with E-state index in [0.717, 1.165) is 11.6 Å². The summed E-state index contributed by atoms with van der Waals surface area (Å²) in [5.74, 6) is 0.184. The van der Waals surface area contributed by atoms with Crippen LogP contribution in [0.15, 0.2) is 18.2 Å². The maximum absolute atomic E-state index is 15.1. The Kier molecular flexibility index (Phi) is 7.59. The summed E-state index contributed by atoms with van der Waals surface area (Å²) in [4.78, 5) is 37.1. The summed E-state index contributed by atoms with van der Waals surface area (Å²) >= 11 is 0. The van der Waals surface area contributed by atoms with Gasteiger partial charge in [0.2, 0.25) is 0 Å². The van der Waals surface area contributed by atoms with Gasteiger partial charge >= 0.3 is 12.1 Å². The van der Waals surface area contributed by atoms with Gasteiger partial charge in [0.25, 0.3) is 0 Å². The highest BCUT2D eigenvalue weighted by molar-refractivity contribution is 5.89. The number of aromatic nitrogens is 2. The second-order valence-electron chi connectivity index (χ2n) is 8.23. The third-order valence-corrected chi connectivity index (χ3v) is 5.77. The Morgan fingerprint density at radius 3 is 2.83 bits per heavy atom. The van der Waals surface area contributed by atoms with Gasteiger partial charge in [0.15, 0.2) is 5.82 Å². The van der Waals surface area contributed by atoms with Crippen molar-refractivity contribution in [2.45, 2.75) is 33.0 Å². The van der Waals surface area contributed by atoms with E-state index in [2.05, 4.69) is 20.5 Å². The van der Waals surface area contributed by atoms with Gasteiger partial charge in [-0.05, 0) is 32.0 Å². The number of alkyl halides is 1. The molecule has 2 aromatic rings. The van der Waals surface area contributed by atoms with Gasteiger partial charge < -0.3 is 25.0 Å². The van der Waals surface area contributed by atoms with E-state index in [0.29, 0.717) is 37.8 Å². The molecule has 0 radical (unpaired) electrons. The number of benzene rings is 1. The number of amides is 3. The summed E-state index contributed by atoms with van der Waals surface area (Å²) < 4.78 is 38.1. The molecule has 1 aromatic heterocycles. The van der Waals surface area contributed by atoms with E-state index in [9.17, 15) is 14.0 Å². The number of halogens is 2. The van der Waals surface area contributed by atoms with Crippen LogP contribution >= 0.6 is 0 Å². The number of anilines is 2. The van der Waals surface area contributed by atoms with Crippen molar-refractivity contribution in [3.63, 3.8) is 0 Å². The normalized spacial score (nSPS) is 17.2. The predicted octanol–water partition coefficient (Wildman–Crippen LogP) is 3.07. The number of nitrogens with one attached hydrogen (secondary N) is 2. The van der Waals surface area contributed by atoms with Crippen LogP contribution in [0.4, 0.5) is 29.9 Å². The molecule has 35 heavy (non-hydrogen) atoms. The van der Waals surface area contributed by atoms with Crippen molar-refractivity contribution >= 4 is 23.6 Å². The van der Waals surface area contributed by atoms with Gasteiger partial charge in [-0.2, -0.15) is 0 Å². The molecule has 0 bridgehead atoms. The van der Waals surface area contributed by atoms with E-state index < -0.39 is 24.6 Å². The first-order valence-electron chi connectivity index (χ1n) is 11.5. The first kappa shape index (κ1) is 24.6. The maximum Gasteiger partial charge on any atom is 0.410 e. The molecule has 188 valence electrons. The standard InChI is InChI=1S/C23H28F2N6O4/c1-3-35-23(33)30-11-17-19(12-30)28-20(29-21(17)31-8-9-34-13-14(31)2)16-5-4-15(10-18(16)25)27-22(32)26-7-6-24/h4-5,10,14H,3,6-9,11-13H2,1-2H3,(H2,26,27,32)/t14-/m0/s1. The Bertz CT molecular complexity index is 1100. The van der Waals surface area contributed by atoms with Gasteiger partial charge in [0, 0.05) is 24.3 Å². The zero-order chi connectivity index (χ0) is 24.9. The number of nitrogens with zero attached hydrogens (tertiary/aromatic N) is 4. The zero-order valence-corrected chi connectivity index (χ0v) is 19.6. The van der Waals surface area contributed by atoms with E-state index in [1.165, 1.54) is 12.1 Å². The summed E-state index contributed by atoms with van der Waals surface area (Å²) in [7, 11) is 0. The zero-order valence-electron chi connectivity index (χ0n) is 19.6. The highest BCUT2D eigenvalue weighted by Crippen LogP contribution is 2.34. The molecular weight excluding hydrogens is 462 g/mol. The van der Waals surface area contributed by atoms with Crippen LogP contribution in [0.5, 0.6) is 0 Å². The summed E-state index contributed by atoms with van der Waals surface area (Å²) in [5.41, 5.74) is 1.79. The quantitative estimate of drug-likeness (QED) is 0.641. The Hall–Kier alpha value is -3.54. The van der Waals surface area contributed by atoms with E-state index in [1.54, 1.807) is 11.8 Å². The first-order chi connectivity index (χ1) is 16.9. The molecule has 3 heterocycles. The lowest BCUT2D eigenvalue weighted by Crippen LogP contribution is -2.44. The molecule has 4 rings (SSSR count). The minimum atomic E-state index is -0.700. The SMILES string of the molecule is CCOC(=O)N1Cc2nc(-c3ccc(NC(=O)NCCF)cc3F)nc(N3CCOC[C@@H]3C)c2C1. The topological polar surface area (TPSA) is 109 Å². The second kappa shape index (κ2) is 10.8. The Labute approximate surface area is 201 Å². The lowest BCUT2D eigenvalue weighted by Gasteiger charge is -2.35. The van der Waals surface area contributed by atoms with E-state index in [-0.39, 0.29) is 42.8 Å². The molecule has 0 spiro atoms. The van der Waals surface area contributed by atoms with Crippen LogP contribution in [-0.4, -0.2) is 72.6 Å². The maximum atomic E-state index is 15.1. The molecule has 0 saturated carbocycles. The van der Waals surface area contributed by atoms with Crippen LogP contribution in [0.3, 0.4) is 0 Å². The largest absolute Gasteiger partial charge is 0.450 e. The fraction of sp³-hybridized carbons (Fsp3) is 0.478. The van der Waals surface area contributed by atoms with Gasteiger partial charge in [0.1, 0.15) is 18.3 Å². The lowest BCUT2D eigenvalue weighted by atomic mass is 10.1. The van der Waals surface area contributed by atoms with Crippen molar-refractivity contribution in [3.05, 3.63) is 35.3 Å². The van der Waals surface area contributed by atoms with Crippen LogP contribution in [-0.2, 0) is 22.6 Å². The number of morpholine rings is 1. The molecule has 3 amide bonds. The number of hydrogen-bond acceptors (Lipinski definition) is 7. The van der Waals surface area contributed by atoms with Crippen molar-refractivity contribution in [3.8, 4) is 11.4 Å². The number of ether oxygens (including phenoxy) is 2. The van der Waals surface area contributed by atoms with Crippen LogP contribution in [0, 0.1) is 5.82 Å². The monoisotopic (exact) mass is 490 g/mol. The lowest BCUT2D eigenvalue weighted by molar-refractivity contribution is 0.0980. The molecule has 12 heteroatoms. The average Bonchev–Trinajstić information content (AvgIpc) is 3.27. The first-order valence-corrected chi connectivity index (χ1v) is 11.5. The molecule has 0 aliphatic carbocycles. The van der Waals surface area contributed by atoms with Crippen LogP contribution in [0.2, 0.25) is 0 Å². The van der Waals surface area contributed by atoms with Crippen molar-refractivity contribution in [2.24, 2.45) is 0 Å². The summed E-state index contributed by atoms with van der Waals surface area (Å²) in [6.07, 6.45) is -0.444. The number of rotatable bonds is 6. The predicted molar refractivity (Wildman–Crippen MR) is 124 cm³/mol. The Morgan fingerprint density at radius 2 is 2.11 bits per heavy atom. The minimum Gasteiger partial charge on any atom is -0.450 e. The molecule has 1 aromatic carbocycles. The third-order valence-electron chi connectivity index (χ3n) is 5.77. The molecular formula is C23H28F2N6O4. The molecule has 1 fully saturated rings. The number of carbonyl (C=O) groups excluding carboxylic acids is 2. The van der Waals surface area contributed by atoms with Gasteiger partial charge in [-0.25, -0.2) is 28.3 Å². The molecule has 10 nitrogen and oxygen atoms in total. The van der Waals surface area contributed by atoms with E-state index in [4.69, 9.17) is 14.5 Å². The Balaban J connectivity index is 1.67. The van der Waals surface area contributed by atoms with Crippen LogP contribution < -0.4 is 15.5 Å². The number of urea groups is 1. The van der Waals surface area contributed by atoms with Crippen molar-refractivity contribution in [1.29, 1.82) is 0 Å². The second-order valence-corrected chi connectivity index (χ2v) is 8.23. The van der Waals surface area contributed by atoms with E-state index in [1.807, 2.05) is 6.92 Å². The highest BCUT2D eigenvalue weighted by atomic mass is 19.1. The van der Waals surface area contributed by atoms with Crippen molar-refractivity contribution in [1.82, 2.24) is 20.2 Å². The molecule has 0 unspecified atom stereocenters. The summed E-state index contributed by atoms with van der Waals surface area (Å²) in [5, 5.41) is 4.77. The molecule has 2 aliphatic heterocycles. The van der Waals surface area contributed by atoms with Gasteiger partial charge in [0.05, 0.1) is 50.2 Å². The number of hydrogen-bond donors (Lipinski definition) is 2. The summed E-state index contributed by atoms with van der Waals surface area (Å²) in [6.45, 7) is 5.35. The van der Waals surface area contributed by atoms with Crippen LogP contribution in [0.25, 0.3) is 11.4 Å². The van der Waals surface area contributed by atoms with E-state index >= 15 is 4.39 Å². The molecule has 2 aliphatic rings. The van der Waals surface area contributed by atoms with Gasteiger partial charge in [-0.3, -0.25) is 4.90 Å². The Morgan fingerprint density at radius 1 is 1.29 bits per heavy atom. The molecule has 1 atom stereocenters. The fourth-order valence-corrected chi connectivity index (χ4v) is 4.09. The number of carbonyl (C=O) groups is 2. The summed E-state index contributed by atoms with van der Waals surface area (Å²) in [6, 6.07) is 3.55. The fourth-order valence-electron chi connectivity index (χ4n) is 4.09. The van der Waals surface area contributed by atoms with Gasteiger partial charge in [-0.15, -0.1) is 0 Å². The van der Waals surface area contributed by atoms with Crippen LogP contribution in [0.1, 0.15) is 25.1 Å². The molecule has 1 saturated heterocycles. The number of fused-ring (bicyclic) bond motifs is 1. The average molecular weight is 491 g/mol. The van der Waals surface area contributed by atoms with Crippen molar-refractivity contribution < 1.29 is 27.8 Å². The van der Waals surface area contributed by atoms with Gasteiger partial charge in [-0.1, -0.05) is 0 Å². The minimum absolute atomic E-state index is 0.0338. The molecule has 2 N–H and O–H groups in total. The van der Waals surface area contributed by atoms with Crippen molar-refractivity contribution in [2.75, 3.05) is 49.8 Å². The third kappa shape index (κ3) is 5.42. The smallest absolute Gasteiger partial charge is 0.410 e. The highest BCUT2D eigenvalue weighted by Gasteiger charge is 2.33.